The number of anilines is 2. The molecule has 0 atom stereocenters. The van der Waals surface area contributed by atoms with Gasteiger partial charge in [0.25, 0.3) is 0 Å². The fraction of sp³-hybridized carbons (Fsp3) is 0.643. The summed E-state index contributed by atoms with van der Waals surface area (Å²) in [7, 11) is 1.54. The molecule has 0 bridgehead atoms. The zero-order chi connectivity index (χ0) is 16.8. The highest BCUT2D eigenvalue weighted by Gasteiger charge is 2.15. The highest BCUT2D eigenvalue weighted by molar-refractivity contribution is 6.29. The second-order valence-electron chi connectivity index (χ2n) is 5.85. The maximum atomic E-state index is 10.5. The minimum Gasteiger partial charge on any atom is -0.444 e. The average Bonchev–Trinajstić information content (AvgIpc) is 2.90. The summed E-state index contributed by atoms with van der Waals surface area (Å²) < 4.78 is 4.84. The molecule has 2 heterocycles. The molecule has 1 fully saturated rings. The van der Waals surface area contributed by atoms with Crippen molar-refractivity contribution in [3.8, 4) is 0 Å². The molecule has 0 radical (unpaired) electrons. The Labute approximate surface area is 136 Å². The van der Waals surface area contributed by atoms with Crippen molar-refractivity contribution >= 4 is 29.5 Å². The van der Waals surface area contributed by atoms with E-state index in [1.807, 2.05) is 20.8 Å². The number of nitrogens with two attached hydrogens (primary N) is 1. The van der Waals surface area contributed by atoms with Crippen molar-refractivity contribution in [3.63, 3.8) is 0 Å². The molecule has 0 unspecified atom stereocenters. The van der Waals surface area contributed by atoms with E-state index in [0.29, 0.717) is 5.15 Å². The molecule has 22 heavy (non-hydrogen) atoms. The third-order valence-corrected chi connectivity index (χ3v) is 2.93. The molecular formula is C14H24ClN5O2. The van der Waals surface area contributed by atoms with E-state index in [9.17, 15) is 4.79 Å². The first-order valence-electron chi connectivity index (χ1n) is 7.17. The van der Waals surface area contributed by atoms with Gasteiger partial charge in [-0.2, -0.15) is 4.98 Å². The molecule has 0 saturated carbocycles. The number of hydrogen-bond donors (Lipinski definition) is 2. The van der Waals surface area contributed by atoms with Crippen LogP contribution >= 0.6 is 11.6 Å². The molecule has 1 aliphatic heterocycles. The molecule has 2 rings (SSSR count). The number of aromatic nitrogens is 2. The average molecular weight is 330 g/mol. The number of rotatable bonds is 1. The second kappa shape index (κ2) is 8.03. The lowest BCUT2D eigenvalue weighted by atomic mass is 10.2. The number of nitrogens with zero attached hydrogens (tertiary/aromatic N) is 3. The Morgan fingerprint density at radius 2 is 1.95 bits per heavy atom. The Morgan fingerprint density at radius 3 is 2.36 bits per heavy atom. The van der Waals surface area contributed by atoms with Crippen LogP contribution in [-0.4, -0.2) is 41.8 Å². The first-order valence-corrected chi connectivity index (χ1v) is 7.55. The predicted molar refractivity (Wildman–Crippen MR) is 88.2 cm³/mol. The number of amides is 1. The zero-order valence-electron chi connectivity index (χ0n) is 13.5. The predicted octanol–water partition coefficient (Wildman–Crippen LogP) is 2.45. The Hall–Kier alpha value is -1.76. The molecule has 1 amide bonds. The van der Waals surface area contributed by atoms with E-state index >= 15 is 0 Å². The van der Waals surface area contributed by atoms with Crippen LogP contribution in [0.4, 0.5) is 16.6 Å². The van der Waals surface area contributed by atoms with Crippen LogP contribution in [0.15, 0.2) is 6.07 Å². The van der Waals surface area contributed by atoms with E-state index < -0.39 is 0 Å². The van der Waals surface area contributed by atoms with Gasteiger partial charge in [0.15, 0.2) is 0 Å². The topological polar surface area (TPSA) is 93.4 Å². The van der Waals surface area contributed by atoms with Gasteiger partial charge >= 0.3 is 6.09 Å². The van der Waals surface area contributed by atoms with Crippen molar-refractivity contribution in [2.75, 3.05) is 30.8 Å². The number of ether oxygens (including phenoxy) is 1. The Morgan fingerprint density at radius 1 is 1.36 bits per heavy atom. The van der Waals surface area contributed by atoms with Crippen molar-refractivity contribution in [2.24, 2.45) is 0 Å². The number of halogens is 1. The summed E-state index contributed by atoms with van der Waals surface area (Å²) in [5, 5.41) is 2.77. The smallest absolute Gasteiger partial charge is 0.407 e. The fourth-order valence-corrected chi connectivity index (χ4v) is 2.04. The molecule has 124 valence electrons. The molecule has 0 aromatic carbocycles. The first-order chi connectivity index (χ1) is 10.2. The Kier molecular flexibility index (Phi) is 6.67. The van der Waals surface area contributed by atoms with Gasteiger partial charge in [0.05, 0.1) is 0 Å². The van der Waals surface area contributed by atoms with Crippen molar-refractivity contribution in [1.29, 1.82) is 0 Å². The summed E-state index contributed by atoms with van der Waals surface area (Å²) >= 11 is 5.77. The Balaban J connectivity index is 0.000000239. The van der Waals surface area contributed by atoms with Crippen molar-refractivity contribution in [1.82, 2.24) is 15.3 Å². The van der Waals surface area contributed by atoms with E-state index in [1.165, 1.54) is 19.9 Å². The van der Waals surface area contributed by atoms with Crippen molar-refractivity contribution in [3.05, 3.63) is 11.2 Å². The summed E-state index contributed by atoms with van der Waals surface area (Å²) in [6.07, 6.45) is 2.03. The van der Waals surface area contributed by atoms with E-state index in [2.05, 4.69) is 20.2 Å². The highest BCUT2D eigenvalue weighted by atomic mass is 35.5. The monoisotopic (exact) mass is 329 g/mol. The largest absolute Gasteiger partial charge is 0.444 e. The zero-order valence-corrected chi connectivity index (χ0v) is 14.3. The number of nitrogens with one attached hydrogen (secondary N) is 1. The van der Waals surface area contributed by atoms with Gasteiger partial charge in [-0.3, -0.25) is 0 Å². The third-order valence-electron chi connectivity index (χ3n) is 2.73. The van der Waals surface area contributed by atoms with E-state index in [4.69, 9.17) is 22.1 Å². The normalized spacial score (nSPS) is 14.1. The molecule has 1 aromatic rings. The van der Waals surface area contributed by atoms with Gasteiger partial charge in [-0.25, -0.2) is 9.78 Å². The molecule has 1 aliphatic rings. The summed E-state index contributed by atoms with van der Waals surface area (Å²) in [5.74, 6) is 1.09. The molecule has 7 nitrogen and oxygen atoms in total. The maximum absolute atomic E-state index is 10.5. The van der Waals surface area contributed by atoms with Gasteiger partial charge in [-0.05, 0) is 33.6 Å². The quantitative estimate of drug-likeness (QED) is 0.769. The van der Waals surface area contributed by atoms with E-state index in [0.717, 1.165) is 18.9 Å². The molecule has 0 spiro atoms. The molecule has 1 saturated heterocycles. The minimum absolute atomic E-state index is 0.245. The molecule has 1 aromatic heterocycles. The van der Waals surface area contributed by atoms with Crippen molar-refractivity contribution in [2.45, 2.75) is 39.2 Å². The number of nitrogen functional groups attached to an aromatic ring is 1. The summed E-state index contributed by atoms with van der Waals surface area (Å²) in [5.41, 5.74) is 5.10. The van der Waals surface area contributed by atoms with Crippen LogP contribution in [0.3, 0.4) is 0 Å². The van der Waals surface area contributed by atoms with Crippen LogP contribution in [0.2, 0.25) is 5.15 Å². The number of carbonyl (C=O) groups is 1. The van der Waals surface area contributed by atoms with E-state index in [1.54, 1.807) is 6.07 Å². The van der Waals surface area contributed by atoms with Crippen LogP contribution in [0.1, 0.15) is 33.6 Å². The van der Waals surface area contributed by atoms with E-state index in [-0.39, 0.29) is 17.6 Å². The lowest BCUT2D eigenvalue weighted by molar-refractivity contribution is 0.0541. The van der Waals surface area contributed by atoms with Crippen LogP contribution < -0.4 is 16.0 Å². The van der Waals surface area contributed by atoms with Gasteiger partial charge in [0.2, 0.25) is 5.95 Å². The van der Waals surface area contributed by atoms with Gasteiger partial charge < -0.3 is 20.7 Å². The molecule has 8 heteroatoms. The lowest BCUT2D eigenvalue weighted by Gasteiger charge is -2.18. The summed E-state index contributed by atoms with van der Waals surface area (Å²) in [6.45, 7) is 7.53. The summed E-state index contributed by atoms with van der Waals surface area (Å²) in [4.78, 5) is 20.6. The first kappa shape index (κ1) is 18.3. The van der Waals surface area contributed by atoms with Gasteiger partial charge in [-0.1, -0.05) is 11.6 Å². The molecule has 3 N–H and O–H groups in total. The van der Waals surface area contributed by atoms with Crippen LogP contribution in [0.5, 0.6) is 0 Å². The number of hydrogen-bond acceptors (Lipinski definition) is 6. The van der Waals surface area contributed by atoms with Gasteiger partial charge in [0.1, 0.15) is 16.6 Å². The van der Waals surface area contributed by atoms with Crippen molar-refractivity contribution < 1.29 is 9.53 Å². The number of carbonyl (C=O) groups excluding carboxylic acids is 1. The SMILES string of the molecule is CNC(=O)OC(C)(C)C.Nc1nc(Cl)cc(N2CCCC2)n1. The Bertz CT molecular complexity index is 478. The number of alkyl carbamates (subject to hydrolysis) is 1. The lowest BCUT2D eigenvalue weighted by Crippen LogP contribution is -2.30. The van der Waals surface area contributed by atoms with Gasteiger partial charge in [0, 0.05) is 26.2 Å². The fourth-order valence-electron chi connectivity index (χ4n) is 1.86. The standard InChI is InChI=1S/C8H11ClN4.C6H13NO2/c9-6-5-7(12-8(10)11-6)13-3-1-2-4-13;1-6(2,3)9-5(8)7-4/h5H,1-4H2,(H2,10,11,12);1-4H3,(H,7,8). The molecule has 0 aliphatic carbocycles. The third kappa shape index (κ3) is 6.80. The second-order valence-corrected chi connectivity index (χ2v) is 6.24. The van der Waals surface area contributed by atoms with Crippen LogP contribution in [-0.2, 0) is 4.74 Å². The minimum atomic E-state index is -0.389. The molecular weight excluding hydrogens is 306 g/mol. The van der Waals surface area contributed by atoms with Crippen LogP contribution in [0.25, 0.3) is 0 Å². The van der Waals surface area contributed by atoms with Crippen LogP contribution in [0, 0.1) is 0 Å². The summed E-state index contributed by atoms with van der Waals surface area (Å²) in [6, 6.07) is 1.75. The maximum Gasteiger partial charge on any atom is 0.407 e. The highest BCUT2D eigenvalue weighted by Crippen LogP contribution is 2.20. The van der Waals surface area contributed by atoms with Gasteiger partial charge in [-0.15, -0.1) is 0 Å².